The Balaban J connectivity index is 1.72. The van der Waals surface area contributed by atoms with E-state index < -0.39 is 34.0 Å². The van der Waals surface area contributed by atoms with Crippen LogP contribution < -0.4 is 16.0 Å². The van der Waals surface area contributed by atoms with E-state index in [2.05, 4.69) is 25.8 Å². The zero-order valence-corrected chi connectivity index (χ0v) is 19.1. The molecule has 0 aromatic carbocycles. The lowest BCUT2D eigenvalue weighted by atomic mass is 10.0. The van der Waals surface area contributed by atoms with Crippen LogP contribution in [0.2, 0.25) is 0 Å². The van der Waals surface area contributed by atoms with E-state index in [9.17, 15) is 23.1 Å². The smallest absolute Gasteiger partial charge is 0.273 e. The molecule has 1 atom stereocenters. The maximum absolute atomic E-state index is 12.6. The van der Waals surface area contributed by atoms with Crippen LogP contribution in [0, 0.1) is 11.3 Å². The van der Waals surface area contributed by atoms with Gasteiger partial charge in [-0.25, -0.2) is 13.4 Å². The van der Waals surface area contributed by atoms with Crippen molar-refractivity contribution >= 4 is 39.0 Å². The first-order valence-corrected chi connectivity index (χ1v) is 12.1. The lowest BCUT2D eigenvalue weighted by Crippen LogP contribution is -2.23. The number of hydrogen-bond donors (Lipinski definition) is 4. The molecule has 0 aliphatic heterocycles. The second-order valence-electron chi connectivity index (χ2n) is 9.08. The summed E-state index contributed by atoms with van der Waals surface area (Å²) in [5, 5.41) is 25.1. The van der Waals surface area contributed by atoms with E-state index in [-0.39, 0.29) is 45.0 Å². The number of aliphatic hydroxyl groups is 1. The predicted molar refractivity (Wildman–Crippen MR) is 120 cm³/mol. The van der Waals surface area contributed by atoms with Gasteiger partial charge in [-0.05, 0) is 44.6 Å². The molecule has 2 fully saturated rings. The molecule has 1 spiro atoms. The van der Waals surface area contributed by atoms with Crippen LogP contribution in [0.4, 0.5) is 17.3 Å². The Morgan fingerprint density at radius 3 is 2.58 bits per heavy atom. The minimum absolute atomic E-state index is 0.00958. The second kappa shape index (κ2) is 7.73. The molecule has 12 heteroatoms. The van der Waals surface area contributed by atoms with Gasteiger partial charge in [0, 0.05) is 41.1 Å². The number of sulfone groups is 1. The van der Waals surface area contributed by atoms with Crippen LogP contribution >= 0.6 is 0 Å². The quantitative estimate of drug-likeness (QED) is 0.461. The third-order valence-electron chi connectivity index (χ3n) is 5.98. The molecule has 2 amide bonds. The van der Waals surface area contributed by atoms with E-state index in [1.165, 1.54) is 32.2 Å². The maximum atomic E-state index is 12.6. The Morgan fingerprint density at radius 1 is 1.27 bits per heavy atom. The summed E-state index contributed by atoms with van der Waals surface area (Å²) in [4.78, 5) is 29.0. The number of nitrogens with one attached hydrogen (secondary N) is 3. The first kappa shape index (κ1) is 19.4. The van der Waals surface area contributed by atoms with Gasteiger partial charge in [-0.15, -0.1) is 10.2 Å². The zero-order valence-electron chi connectivity index (χ0n) is 21.3. The van der Waals surface area contributed by atoms with Gasteiger partial charge in [-0.1, -0.05) is 0 Å². The van der Waals surface area contributed by atoms with Crippen molar-refractivity contribution in [3.05, 3.63) is 29.6 Å². The molecule has 2 aromatic heterocycles. The fraction of sp³-hybridized carbons (Fsp3) is 0.476. The molecule has 4 rings (SSSR count). The third kappa shape index (κ3) is 4.67. The van der Waals surface area contributed by atoms with E-state index in [1.807, 2.05) is 0 Å². The molecule has 2 aliphatic rings. The van der Waals surface area contributed by atoms with Crippen molar-refractivity contribution in [3.63, 3.8) is 0 Å². The predicted octanol–water partition coefficient (Wildman–Crippen LogP) is 1.34. The highest BCUT2D eigenvalue weighted by atomic mass is 32.2. The van der Waals surface area contributed by atoms with Gasteiger partial charge >= 0.3 is 0 Å². The largest absolute Gasteiger partial charge is 0.386 e. The molecule has 11 nitrogen and oxygen atoms in total. The van der Waals surface area contributed by atoms with Crippen LogP contribution in [0.15, 0.2) is 23.2 Å². The number of anilines is 3. The van der Waals surface area contributed by atoms with Gasteiger partial charge in [0.1, 0.15) is 10.7 Å². The van der Waals surface area contributed by atoms with Crippen LogP contribution in [-0.4, -0.2) is 53.8 Å². The number of amides is 2. The van der Waals surface area contributed by atoms with Crippen molar-refractivity contribution in [2.75, 3.05) is 23.9 Å². The van der Waals surface area contributed by atoms with E-state index >= 15 is 0 Å². The molecular weight excluding hydrogens is 448 g/mol. The molecule has 176 valence electrons. The van der Waals surface area contributed by atoms with Crippen molar-refractivity contribution < 1.29 is 27.2 Å². The van der Waals surface area contributed by atoms with E-state index in [1.54, 1.807) is 5.32 Å². The molecule has 2 heterocycles. The van der Waals surface area contributed by atoms with Gasteiger partial charge in [-0.3, -0.25) is 9.59 Å². The third-order valence-corrected chi connectivity index (χ3v) is 7.09. The number of carbonyl (C=O) groups excluding carboxylic acids is 2. The van der Waals surface area contributed by atoms with Crippen LogP contribution in [0.25, 0.3) is 0 Å². The molecule has 0 saturated heterocycles. The minimum atomic E-state index is -3.87. The Labute approximate surface area is 195 Å². The Hall–Kier alpha value is -3.12. The normalized spacial score (nSPS) is 20.2. The summed E-state index contributed by atoms with van der Waals surface area (Å²) in [6.07, 6.45) is 5.01. The molecule has 0 bridgehead atoms. The molecular formula is C21H26N6O5S. The molecule has 0 unspecified atom stereocenters. The first-order valence-electron chi connectivity index (χ1n) is 11.7. The fourth-order valence-corrected chi connectivity index (χ4v) is 4.50. The average molecular weight is 478 g/mol. The molecule has 33 heavy (non-hydrogen) atoms. The van der Waals surface area contributed by atoms with Crippen molar-refractivity contribution in [2.24, 2.45) is 11.3 Å². The number of carbonyl (C=O) groups is 2. The summed E-state index contributed by atoms with van der Waals surface area (Å²) < 4.78 is 46.9. The highest BCUT2D eigenvalue weighted by Gasteiger charge is 2.65. The Kier molecular flexibility index (Phi) is 4.54. The summed E-state index contributed by atoms with van der Waals surface area (Å²) in [5.41, 5.74) is -1.65. The summed E-state index contributed by atoms with van der Waals surface area (Å²) in [7, 11) is -3.87. The fourth-order valence-electron chi connectivity index (χ4n) is 3.70. The number of hydrogen-bond acceptors (Lipinski definition) is 9. The lowest BCUT2D eigenvalue weighted by Gasteiger charge is -2.20. The van der Waals surface area contributed by atoms with Crippen LogP contribution in [0.5, 0.6) is 0 Å². The maximum Gasteiger partial charge on any atom is 0.273 e. The van der Waals surface area contributed by atoms with Crippen LogP contribution in [0.1, 0.15) is 53.3 Å². The van der Waals surface area contributed by atoms with Gasteiger partial charge in [0.15, 0.2) is 21.3 Å². The first-order chi connectivity index (χ1) is 16.5. The number of pyridine rings is 1. The van der Waals surface area contributed by atoms with Crippen molar-refractivity contribution in [1.82, 2.24) is 20.5 Å². The highest BCUT2D eigenvalue weighted by molar-refractivity contribution is 7.90. The molecule has 2 aliphatic carbocycles. The monoisotopic (exact) mass is 477 g/mol. The topological polar surface area (TPSA) is 163 Å². The van der Waals surface area contributed by atoms with Crippen LogP contribution in [0.3, 0.4) is 0 Å². The Morgan fingerprint density at radius 2 is 2.00 bits per heavy atom. The minimum Gasteiger partial charge on any atom is -0.386 e. The van der Waals surface area contributed by atoms with Crippen molar-refractivity contribution in [3.8, 4) is 0 Å². The summed E-state index contributed by atoms with van der Waals surface area (Å²) in [6.45, 7) is 0.111. The second-order valence-corrected chi connectivity index (χ2v) is 11.1. The van der Waals surface area contributed by atoms with Gasteiger partial charge < -0.3 is 21.1 Å². The lowest BCUT2D eigenvalue weighted by molar-refractivity contribution is -0.117. The van der Waals surface area contributed by atoms with Crippen molar-refractivity contribution in [1.29, 1.82) is 0 Å². The summed E-state index contributed by atoms with van der Waals surface area (Å²) in [5.74, 6) is -1.67. The zero-order chi connectivity index (χ0) is 26.7. The number of aromatic nitrogens is 3. The highest BCUT2D eigenvalue weighted by Crippen LogP contribution is 2.70. The number of nitrogens with zero attached hydrogens (tertiary/aromatic N) is 3. The molecule has 2 saturated carbocycles. The van der Waals surface area contributed by atoms with Gasteiger partial charge in [0.25, 0.3) is 5.91 Å². The van der Waals surface area contributed by atoms with Gasteiger partial charge in [-0.2, -0.15) is 0 Å². The summed E-state index contributed by atoms with van der Waals surface area (Å²) >= 11 is 0. The van der Waals surface area contributed by atoms with Crippen molar-refractivity contribution in [2.45, 2.75) is 43.6 Å². The molecule has 2 aromatic rings. The van der Waals surface area contributed by atoms with Crippen LogP contribution in [-0.2, 0) is 20.2 Å². The molecule has 4 N–H and O–H groups in total. The Bertz CT molecular complexity index is 1350. The SMILES string of the molecule is [2H]C([2H])([2H])NC(=O)c1nnc(NC(=O)[C@H]2CC23CC3)cc1Nc1ncc(C(C)(C)O)cc1S(C)(=O)=O. The van der Waals surface area contributed by atoms with E-state index in [0.29, 0.717) is 0 Å². The molecule has 0 radical (unpaired) electrons. The van der Waals surface area contributed by atoms with Gasteiger partial charge in [0.2, 0.25) is 5.91 Å². The van der Waals surface area contributed by atoms with E-state index in [4.69, 9.17) is 4.11 Å². The average Bonchev–Trinajstić information content (AvgIpc) is 3.64. The van der Waals surface area contributed by atoms with Gasteiger partial charge in [0.05, 0.1) is 11.3 Å². The number of rotatable bonds is 7. The summed E-state index contributed by atoms with van der Waals surface area (Å²) in [6, 6.07) is 2.49. The standard InChI is InChI=1S/C21H26N6O5S/c1-20(2,30)11-7-14(33(4,31)32)17(23-10-11)24-13-8-15(26-27-16(13)19(29)22-3)25-18(28)12-9-21(12)5-6-21/h7-8,10,12,30H,5-6,9H2,1-4H3,(H,22,29)(H2,23,24,25,26,28)/t12-/m1/s1/i3D3. The van der Waals surface area contributed by atoms with E-state index in [0.717, 1.165) is 25.5 Å².